The standard InChI is InChI=1S/C26H21ClN6O4/c1-37-22-4-2-3-16-21(34)9-20-23(24(16)22)14(10-27)12-33(20)26(36)18-8-13-7-15(5-6-17(13)30-18)29-25(35)19-11-28-32-31-19/h2-9,11,14,30,34H,10,12H2,1H3,(H,29,35)(H,28,31,32)/t14-/m1/s1. The molecular formula is C26H21ClN6O4. The minimum atomic E-state index is -0.400. The maximum atomic E-state index is 13.7. The molecule has 0 spiro atoms. The summed E-state index contributed by atoms with van der Waals surface area (Å²) in [6.07, 6.45) is 1.40. The van der Waals surface area contributed by atoms with Crippen molar-refractivity contribution in [3.05, 3.63) is 71.7 Å². The van der Waals surface area contributed by atoms with E-state index in [2.05, 4.69) is 25.7 Å². The fraction of sp³-hybridized carbons (Fsp3) is 0.154. The van der Waals surface area contributed by atoms with Gasteiger partial charge in [-0.2, -0.15) is 0 Å². The fourth-order valence-electron chi connectivity index (χ4n) is 4.95. The highest BCUT2D eigenvalue weighted by atomic mass is 35.5. The molecule has 5 aromatic rings. The van der Waals surface area contributed by atoms with Crippen LogP contribution in [0, 0.1) is 0 Å². The smallest absolute Gasteiger partial charge is 0.277 e. The molecule has 4 N–H and O–H groups in total. The van der Waals surface area contributed by atoms with Gasteiger partial charge < -0.3 is 25.0 Å². The first-order chi connectivity index (χ1) is 18.0. The molecule has 1 aliphatic heterocycles. The molecule has 0 fully saturated rings. The Morgan fingerprint density at radius 1 is 1.24 bits per heavy atom. The number of anilines is 2. The molecule has 1 aliphatic rings. The summed E-state index contributed by atoms with van der Waals surface area (Å²) in [5, 5.41) is 25.5. The van der Waals surface area contributed by atoms with E-state index in [0.29, 0.717) is 40.6 Å². The van der Waals surface area contributed by atoms with Crippen LogP contribution in [0.15, 0.2) is 54.7 Å². The number of aromatic amines is 2. The quantitative estimate of drug-likeness (QED) is 0.256. The number of phenols is 1. The number of carbonyl (C=O) groups is 2. The number of aromatic nitrogens is 4. The number of hydrogen-bond acceptors (Lipinski definition) is 6. The van der Waals surface area contributed by atoms with Gasteiger partial charge in [0.05, 0.1) is 19.0 Å². The zero-order valence-corrected chi connectivity index (χ0v) is 20.3. The number of alkyl halides is 1. The SMILES string of the molecule is COc1cccc2c(O)cc3c(c12)[C@H](CCl)CN3C(=O)c1cc2cc(NC(=O)c3c[nH]nn3)ccc2[nH]1. The van der Waals surface area contributed by atoms with Crippen LogP contribution >= 0.6 is 11.6 Å². The van der Waals surface area contributed by atoms with Crippen molar-refractivity contribution < 1.29 is 19.4 Å². The summed E-state index contributed by atoms with van der Waals surface area (Å²) in [5.74, 6) is 0.179. The van der Waals surface area contributed by atoms with Crippen LogP contribution in [0.3, 0.4) is 0 Å². The zero-order chi connectivity index (χ0) is 25.7. The number of ether oxygens (including phenoxy) is 1. The average molecular weight is 517 g/mol. The van der Waals surface area contributed by atoms with Crippen LogP contribution in [-0.2, 0) is 0 Å². The molecule has 2 aromatic heterocycles. The number of amides is 2. The van der Waals surface area contributed by atoms with E-state index in [9.17, 15) is 14.7 Å². The molecule has 3 aromatic carbocycles. The maximum absolute atomic E-state index is 13.7. The maximum Gasteiger partial charge on any atom is 0.277 e. The van der Waals surface area contributed by atoms with Crippen LogP contribution < -0.4 is 15.0 Å². The van der Waals surface area contributed by atoms with Crippen LogP contribution in [0.5, 0.6) is 11.5 Å². The third kappa shape index (κ3) is 3.73. The largest absolute Gasteiger partial charge is 0.507 e. The molecule has 3 heterocycles. The van der Waals surface area contributed by atoms with Crippen molar-refractivity contribution in [1.82, 2.24) is 20.4 Å². The van der Waals surface area contributed by atoms with Crippen molar-refractivity contribution in [3.63, 3.8) is 0 Å². The molecule has 10 nitrogen and oxygen atoms in total. The number of phenolic OH excluding ortho intramolecular Hbond substituents is 1. The van der Waals surface area contributed by atoms with Gasteiger partial charge in [0.25, 0.3) is 11.8 Å². The van der Waals surface area contributed by atoms with E-state index < -0.39 is 5.91 Å². The van der Waals surface area contributed by atoms with Gasteiger partial charge in [-0.15, -0.1) is 16.7 Å². The molecule has 0 aliphatic carbocycles. The Morgan fingerprint density at radius 2 is 2.11 bits per heavy atom. The molecule has 11 heteroatoms. The number of halogens is 1. The molecule has 186 valence electrons. The van der Waals surface area contributed by atoms with Gasteiger partial charge in [0.1, 0.15) is 17.2 Å². The summed E-state index contributed by atoms with van der Waals surface area (Å²) in [4.78, 5) is 30.8. The first-order valence-corrected chi connectivity index (χ1v) is 12.0. The number of aromatic hydroxyl groups is 1. The summed E-state index contributed by atoms with van der Waals surface area (Å²) in [6.45, 7) is 0.364. The van der Waals surface area contributed by atoms with Crippen LogP contribution in [0.2, 0.25) is 0 Å². The summed E-state index contributed by atoms with van der Waals surface area (Å²) in [7, 11) is 1.58. The van der Waals surface area contributed by atoms with E-state index in [-0.39, 0.29) is 23.3 Å². The first-order valence-electron chi connectivity index (χ1n) is 11.5. The van der Waals surface area contributed by atoms with Gasteiger partial charge in [-0.3, -0.25) is 14.7 Å². The lowest BCUT2D eigenvalue weighted by Gasteiger charge is -2.18. The average Bonchev–Trinajstić information content (AvgIpc) is 3.66. The Balaban J connectivity index is 1.36. The van der Waals surface area contributed by atoms with Crippen molar-refractivity contribution in [3.8, 4) is 11.5 Å². The Labute approximate surface area is 215 Å². The number of fused-ring (bicyclic) bond motifs is 4. The van der Waals surface area contributed by atoms with E-state index in [1.807, 2.05) is 18.2 Å². The third-order valence-corrected chi connectivity index (χ3v) is 7.01. The summed E-state index contributed by atoms with van der Waals surface area (Å²) >= 11 is 6.35. The topological polar surface area (TPSA) is 136 Å². The molecule has 0 bridgehead atoms. The molecule has 0 unspecified atom stereocenters. The molecule has 2 amide bonds. The second kappa shape index (κ2) is 8.82. The van der Waals surface area contributed by atoms with E-state index in [1.54, 1.807) is 42.3 Å². The summed E-state index contributed by atoms with van der Waals surface area (Å²) in [5.41, 5.74) is 3.30. The number of hydrogen-bond donors (Lipinski definition) is 4. The van der Waals surface area contributed by atoms with Gasteiger partial charge in [-0.05, 0) is 35.9 Å². The molecule has 1 atom stereocenters. The minimum absolute atomic E-state index is 0.0600. The highest BCUT2D eigenvalue weighted by Gasteiger charge is 2.36. The molecule has 37 heavy (non-hydrogen) atoms. The Bertz CT molecular complexity index is 1680. The van der Waals surface area contributed by atoms with Crippen molar-refractivity contribution in [2.45, 2.75) is 5.92 Å². The number of nitrogens with one attached hydrogen (secondary N) is 3. The van der Waals surface area contributed by atoms with Crippen LogP contribution in [0.1, 0.15) is 32.5 Å². The lowest BCUT2D eigenvalue weighted by Crippen LogP contribution is -2.30. The van der Waals surface area contributed by atoms with Crippen LogP contribution in [0.25, 0.3) is 21.7 Å². The number of carbonyl (C=O) groups excluding carboxylic acids is 2. The third-order valence-electron chi connectivity index (χ3n) is 6.63. The number of H-pyrrole nitrogens is 2. The van der Waals surface area contributed by atoms with Gasteiger partial charge in [0.15, 0.2) is 5.69 Å². The second-order valence-electron chi connectivity index (χ2n) is 8.78. The number of methoxy groups -OCH3 is 1. The predicted molar refractivity (Wildman–Crippen MR) is 140 cm³/mol. The first kappa shape index (κ1) is 22.9. The lowest BCUT2D eigenvalue weighted by atomic mass is 9.94. The zero-order valence-electron chi connectivity index (χ0n) is 19.6. The molecular weight excluding hydrogens is 496 g/mol. The van der Waals surface area contributed by atoms with E-state index in [4.69, 9.17) is 16.3 Å². The predicted octanol–water partition coefficient (Wildman–Crippen LogP) is 4.39. The molecule has 0 radical (unpaired) electrons. The fourth-order valence-corrected chi connectivity index (χ4v) is 5.20. The highest BCUT2D eigenvalue weighted by Crippen LogP contribution is 2.48. The molecule has 6 rings (SSSR count). The summed E-state index contributed by atoms with van der Waals surface area (Å²) in [6, 6.07) is 14.1. The Morgan fingerprint density at radius 3 is 2.86 bits per heavy atom. The monoisotopic (exact) mass is 516 g/mol. The second-order valence-corrected chi connectivity index (χ2v) is 9.08. The van der Waals surface area contributed by atoms with Gasteiger partial charge in [-0.1, -0.05) is 17.3 Å². The Kier molecular flexibility index (Phi) is 5.45. The number of rotatable bonds is 5. The summed E-state index contributed by atoms with van der Waals surface area (Å²) < 4.78 is 5.58. The van der Waals surface area contributed by atoms with Crippen molar-refractivity contribution >= 4 is 56.5 Å². The van der Waals surface area contributed by atoms with Gasteiger partial charge in [-0.25, -0.2) is 0 Å². The number of nitrogens with zero attached hydrogens (tertiary/aromatic N) is 3. The van der Waals surface area contributed by atoms with Crippen LogP contribution in [0.4, 0.5) is 11.4 Å². The van der Waals surface area contributed by atoms with E-state index in [1.165, 1.54) is 6.20 Å². The molecule has 0 saturated heterocycles. The van der Waals surface area contributed by atoms with E-state index >= 15 is 0 Å². The van der Waals surface area contributed by atoms with Gasteiger partial charge in [0.2, 0.25) is 0 Å². The lowest BCUT2D eigenvalue weighted by molar-refractivity contribution is 0.0982. The normalized spacial score (nSPS) is 14.8. The van der Waals surface area contributed by atoms with Crippen molar-refractivity contribution in [2.75, 3.05) is 29.8 Å². The van der Waals surface area contributed by atoms with Gasteiger partial charge in [0, 0.05) is 51.8 Å². The Hall–Kier alpha value is -4.57. The van der Waals surface area contributed by atoms with Crippen molar-refractivity contribution in [2.24, 2.45) is 0 Å². The molecule has 0 saturated carbocycles. The van der Waals surface area contributed by atoms with Crippen LogP contribution in [-0.4, -0.2) is 56.9 Å². The minimum Gasteiger partial charge on any atom is -0.507 e. The number of benzene rings is 3. The highest BCUT2D eigenvalue weighted by molar-refractivity contribution is 6.19. The van der Waals surface area contributed by atoms with Gasteiger partial charge >= 0.3 is 0 Å². The van der Waals surface area contributed by atoms with Crippen molar-refractivity contribution in [1.29, 1.82) is 0 Å². The van der Waals surface area contributed by atoms with E-state index in [0.717, 1.165) is 21.9 Å².